The van der Waals surface area contributed by atoms with E-state index in [-0.39, 0.29) is 5.92 Å². The molecule has 3 nitrogen and oxygen atoms in total. The van der Waals surface area contributed by atoms with E-state index in [1.807, 2.05) is 29.9 Å². The van der Waals surface area contributed by atoms with Crippen molar-refractivity contribution in [2.75, 3.05) is 0 Å². The van der Waals surface area contributed by atoms with E-state index in [2.05, 4.69) is 24.2 Å². The maximum atomic E-state index is 12.6. The molecule has 104 valence electrons. The third-order valence-corrected chi connectivity index (χ3v) is 4.26. The third-order valence-electron chi connectivity index (χ3n) is 4.26. The van der Waals surface area contributed by atoms with Crippen molar-refractivity contribution in [1.82, 2.24) is 9.78 Å². The Morgan fingerprint density at radius 2 is 2.15 bits per heavy atom. The van der Waals surface area contributed by atoms with Crippen LogP contribution in [-0.4, -0.2) is 15.6 Å². The molecule has 2 aromatic rings. The van der Waals surface area contributed by atoms with Crippen molar-refractivity contribution in [3.8, 4) is 0 Å². The lowest BCUT2D eigenvalue weighted by molar-refractivity contribution is 0.0900. The molecule has 0 amide bonds. The summed E-state index contributed by atoms with van der Waals surface area (Å²) in [7, 11) is 1.97. The molecular formula is C17H20N2O. The van der Waals surface area contributed by atoms with Gasteiger partial charge in [0.15, 0.2) is 5.78 Å². The second-order valence-corrected chi connectivity index (χ2v) is 5.57. The molecular weight excluding hydrogens is 248 g/mol. The van der Waals surface area contributed by atoms with Gasteiger partial charge in [0.05, 0.1) is 5.69 Å². The summed E-state index contributed by atoms with van der Waals surface area (Å²) in [6, 6.07) is 10.1. The maximum Gasteiger partial charge on any atom is 0.166 e. The van der Waals surface area contributed by atoms with E-state index in [1.54, 1.807) is 0 Å². The fraction of sp³-hybridized carbons (Fsp3) is 0.412. The second kappa shape index (κ2) is 5.23. The molecule has 0 spiro atoms. The van der Waals surface area contributed by atoms with Gasteiger partial charge in [0.25, 0.3) is 0 Å². The number of nitrogens with zero attached hydrogens (tertiary/aromatic N) is 2. The van der Waals surface area contributed by atoms with Gasteiger partial charge in [-0.3, -0.25) is 9.48 Å². The molecule has 20 heavy (non-hydrogen) atoms. The fourth-order valence-electron chi connectivity index (χ4n) is 3.04. The summed E-state index contributed by atoms with van der Waals surface area (Å²) in [6.07, 6.45) is 3.69. The molecule has 1 atom stereocenters. The van der Waals surface area contributed by atoms with Crippen molar-refractivity contribution in [3.63, 3.8) is 0 Å². The minimum atomic E-state index is 0.102. The van der Waals surface area contributed by atoms with Crippen LogP contribution in [0.2, 0.25) is 0 Å². The highest BCUT2D eigenvalue weighted by Crippen LogP contribution is 2.28. The molecule has 1 aliphatic carbocycles. The third kappa shape index (κ3) is 2.28. The van der Waals surface area contributed by atoms with Crippen LogP contribution in [0.3, 0.4) is 0 Å². The molecule has 0 radical (unpaired) electrons. The number of Topliss-reactive ketones (excluding diaryl/α,β-unsaturated/α-hetero) is 1. The number of hydrogen-bond acceptors (Lipinski definition) is 2. The van der Waals surface area contributed by atoms with E-state index in [9.17, 15) is 4.79 Å². The molecule has 0 fully saturated rings. The normalized spacial score (nSPS) is 18.1. The van der Waals surface area contributed by atoms with Crippen LogP contribution in [0.4, 0.5) is 0 Å². The lowest BCUT2D eigenvalue weighted by Crippen LogP contribution is -2.25. The number of fused-ring (bicyclic) bond motifs is 1. The maximum absolute atomic E-state index is 12.6. The SMILES string of the molecule is CCc1cc(CC2CCc3ccccc3C2=O)n(C)n1. The highest BCUT2D eigenvalue weighted by molar-refractivity contribution is 6.00. The minimum Gasteiger partial charge on any atom is -0.294 e. The van der Waals surface area contributed by atoms with E-state index in [0.29, 0.717) is 5.78 Å². The summed E-state index contributed by atoms with van der Waals surface area (Å²) in [5, 5.41) is 4.47. The van der Waals surface area contributed by atoms with Crippen LogP contribution in [0.25, 0.3) is 0 Å². The molecule has 0 saturated heterocycles. The zero-order valence-corrected chi connectivity index (χ0v) is 12.1. The van der Waals surface area contributed by atoms with Crippen molar-refractivity contribution in [1.29, 1.82) is 0 Å². The van der Waals surface area contributed by atoms with Gasteiger partial charge in [0, 0.05) is 24.2 Å². The Morgan fingerprint density at radius 1 is 1.35 bits per heavy atom. The summed E-state index contributed by atoms with van der Waals surface area (Å²) in [4.78, 5) is 12.6. The Morgan fingerprint density at radius 3 is 2.90 bits per heavy atom. The van der Waals surface area contributed by atoms with Crippen LogP contribution in [0.1, 0.15) is 40.7 Å². The molecule has 3 rings (SSSR count). The molecule has 0 N–H and O–H groups in total. The monoisotopic (exact) mass is 268 g/mol. The van der Waals surface area contributed by atoms with E-state index in [1.165, 1.54) is 11.3 Å². The van der Waals surface area contributed by atoms with Crippen molar-refractivity contribution < 1.29 is 4.79 Å². The lowest BCUT2D eigenvalue weighted by Gasteiger charge is -2.23. The lowest BCUT2D eigenvalue weighted by atomic mass is 9.80. The van der Waals surface area contributed by atoms with Crippen molar-refractivity contribution in [2.24, 2.45) is 13.0 Å². The molecule has 1 aliphatic rings. The summed E-state index contributed by atoms with van der Waals surface area (Å²) >= 11 is 0. The predicted molar refractivity (Wildman–Crippen MR) is 78.9 cm³/mol. The molecule has 1 aromatic carbocycles. The summed E-state index contributed by atoms with van der Waals surface area (Å²) in [5.41, 5.74) is 4.39. The first-order valence-electron chi connectivity index (χ1n) is 7.33. The number of benzene rings is 1. The number of rotatable bonds is 3. The van der Waals surface area contributed by atoms with Crippen LogP contribution >= 0.6 is 0 Å². The molecule has 3 heteroatoms. The minimum absolute atomic E-state index is 0.102. The highest BCUT2D eigenvalue weighted by Gasteiger charge is 2.27. The Labute approximate surface area is 119 Å². The number of hydrogen-bond donors (Lipinski definition) is 0. The molecule has 0 saturated carbocycles. The Balaban J connectivity index is 1.82. The first-order chi connectivity index (χ1) is 9.69. The smallest absolute Gasteiger partial charge is 0.166 e. The predicted octanol–water partition coefficient (Wildman–Crippen LogP) is 2.97. The molecule has 1 heterocycles. The van der Waals surface area contributed by atoms with E-state index >= 15 is 0 Å². The van der Waals surface area contributed by atoms with Crippen molar-refractivity contribution >= 4 is 5.78 Å². The van der Waals surface area contributed by atoms with Gasteiger partial charge in [-0.1, -0.05) is 31.2 Å². The van der Waals surface area contributed by atoms with Gasteiger partial charge in [0.2, 0.25) is 0 Å². The number of carbonyl (C=O) groups excluding carboxylic acids is 1. The second-order valence-electron chi connectivity index (χ2n) is 5.57. The number of aryl methyl sites for hydroxylation is 3. The zero-order chi connectivity index (χ0) is 14.1. The van der Waals surface area contributed by atoms with Crippen molar-refractivity contribution in [2.45, 2.75) is 32.6 Å². The Bertz CT molecular complexity index is 642. The van der Waals surface area contributed by atoms with Gasteiger partial charge in [-0.05, 0) is 37.3 Å². The average molecular weight is 268 g/mol. The summed E-state index contributed by atoms with van der Waals surface area (Å²) in [6.45, 7) is 2.11. The van der Waals surface area contributed by atoms with Crippen LogP contribution in [0.5, 0.6) is 0 Å². The molecule has 1 aromatic heterocycles. The van der Waals surface area contributed by atoms with E-state index in [4.69, 9.17) is 0 Å². The van der Waals surface area contributed by atoms with Crippen LogP contribution in [-0.2, 0) is 26.3 Å². The number of carbonyl (C=O) groups is 1. The summed E-state index contributed by atoms with van der Waals surface area (Å²) < 4.78 is 1.92. The van der Waals surface area contributed by atoms with Gasteiger partial charge in [-0.15, -0.1) is 0 Å². The van der Waals surface area contributed by atoms with Gasteiger partial charge in [0.1, 0.15) is 0 Å². The van der Waals surface area contributed by atoms with Crippen LogP contribution < -0.4 is 0 Å². The first-order valence-corrected chi connectivity index (χ1v) is 7.33. The summed E-state index contributed by atoms with van der Waals surface area (Å²) in [5.74, 6) is 0.399. The van der Waals surface area contributed by atoms with Crippen molar-refractivity contribution in [3.05, 3.63) is 52.8 Å². The number of ketones is 1. The molecule has 0 bridgehead atoms. The van der Waals surface area contributed by atoms with E-state index < -0.39 is 0 Å². The highest BCUT2D eigenvalue weighted by atomic mass is 16.1. The fourth-order valence-corrected chi connectivity index (χ4v) is 3.04. The standard InChI is InChI=1S/C17H20N2O/c1-3-14-11-15(19(2)18-14)10-13-9-8-12-6-4-5-7-16(12)17(13)20/h4-7,11,13H,3,8-10H2,1-2H3. The van der Waals surface area contributed by atoms with Gasteiger partial charge < -0.3 is 0 Å². The van der Waals surface area contributed by atoms with Gasteiger partial charge in [-0.2, -0.15) is 5.10 Å². The quantitative estimate of drug-likeness (QED) is 0.857. The topological polar surface area (TPSA) is 34.9 Å². The largest absolute Gasteiger partial charge is 0.294 e. The zero-order valence-electron chi connectivity index (χ0n) is 12.1. The van der Waals surface area contributed by atoms with Gasteiger partial charge in [-0.25, -0.2) is 0 Å². The van der Waals surface area contributed by atoms with Crippen LogP contribution in [0, 0.1) is 5.92 Å². The molecule has 0 aliphatic heterocycles. The number of aromatic nitrogens is 2. The average Bonchev–Trinajstić information content (AvgIpc) is 2.83. The molecule has 1 unspecified atom stereocenters. The van der Waals surface area contributed by atoms with Crippen LogP contribution in [0.15, 0.2) is 30.3 Å². The van der Waals surface area contributed by atoms with Gasteiger partial charge >= 0.3 is 0 Å². The van der Waals surface area contributed by atoms with E-state index in [0.717, 1.165) is 36.9 Å². The Kier molecular flexibility index (Phi) is 3.43. The first kappa shape index (κ1) is 13.1. The Hall–Kier alpha value is -1.90.